The van der Waals surface area contributed by atoms with Crippen molar-refractivity contribution in [2.75, 3.05) is 0 Å². The van der Waals surface area contributed by atoms with Gasteiger partial charge < -0.3 is 0 Å². The first-order chi connectivity index (χ1) is 7.81. The van der Waals surface area contributed by atoms with E-state index in [0.29, 0.717) is 11.2 Å². The summed E-state index contributed by atoms with van der Waals surface area (Å²) in [4.78, 5) is 15.4. The Labute approximate surface area is 96.5 Å². The fourth-order valence-electron chi connectivity index (χ4n) is 1.24. The summed E-state index contributed by atoms with van der Waals surface area (Å²) in [6.07, 6.45) is 2.18. The van der Waals surface area contributed by atoms with E-state index < -0.39 is 5.82 Å². The van der Waals surface area contributed by atoms with Crippen LogP contribution in [0, 0.1) is 5.82 Å². The highest BCUT2D eigenvalue weighted by Gasteiger charge is 2.08. The lowest BCUT2D eigenvalue weighted by molar-refractivity contribution is 0.111. The molecule has 1 aromatic carbocycles. The van der Waals surface area contributed by atoms with E-state index in [1.54, 1.807) is 24.4 Å². The Hall–Kier alpha value is -1.68. The Morgan fingerprint density at radius 2 is 2.06 bits per heavy atom. The molecule has 0 saturated carbocycles. The number of carbonyl (C=O) groups is 1. The minimum absolute atomic E-state index is 0.0816. The molecule has 0 fully saturated rings. The second-order valence-corrected chi connectivity index (χ2v) is 4.10. The number of hydrogen-bond acceptors (Lipinski definition) is 3. The maximum absolute atomic E-state index is 13.3. The molecule has 16 heavy (non-hydrogen) atoms. The standard InChI is InChI=1S/C12H8FNOS/c13-10-4-3-5-11(9(10)8-15)16-12-6-1-2-7-14-12/h1-8H. The minimum atomic E-state index is -0.504. The van der Waals surface area contributed by atoms with Gasteiger partial charge in [0, 0.05) is 11.1 Å². The van der Waals surface area contributed by atoms with Crippen LogP contribution in [0.15, 0.2) is 52.5 Å². The van der Waals surface area contributed by atoms with Gasteiger partial charge in [-0.15, -0.1) is 0 Å². The van der Waals surface area contributed by atoms with Crippen LogP contribution in [0.1, 0.15) is 10.4 Å². The molecule has 0 bridgehead atoms. The van der Waals surface area contributed by atoms with Crippen molar-refractivity contribution in [1.82, 2.24) is 4.98 Å². The number of hydrogen-bond donors (Lipinski definition) is 0. The average Bonchev–Trinajstić information content (AvgIpc) is 2.31. The molecule has 0 spiro atoms. The number of aromatic nitrogens is 1. The van der Waals surface area contributed by atoms with Crippen LogP contribution in [0.25, 0.3) is 0 Å². The maximum Gasteiger partial charge on any atom is 0.154 e. The second kappa shape index (κ2) is 4.90. The van der Waals surface area contributed by atoms with Crippen molar-refractivity contribution < 1.29 is 9.18 Å². The van der Waals surface area contributed by atoms with Gasteiger partial charge in [-0.25, -0.2) is 9.37 Å². The maximum atomic E-state index is 13.3. The highest BCUT2D eigenvalue weighted by Crippen LogP contribution is 2.29. The summed E-state index contributed by atoms with van der Waals surface area (Å²) in [5, 5.41) is 0.733. The summed E-state index contributed by atoms with van der Waals surface area (Å²) in [6.45, 7) is 0. The van der Waals surface area contributed by atoms with Crippen LogP contribution in [0.4, 0.5) is 4.39 Å². The first-order valence-corrected chi connectivity index (χ1v) is 5.45. The zero-order valence-electron chi connectivity index (χ0n) is 8.26. The lowest BCUT2D eigenvalue weighted by atomic mass is 10.2. The largest absolute Gasteiger partial charge is 0.298 e. The summed E-state index contributed by atoms with van der Waals surface area (Å²) in [6, 6.07) is 10.0. The Kier molecular flexibility index (Phi) is 3.31. The molecule has 2 nitrogen and oxygen atoms in total. The van der Waals surface area contributed by atoms with E-state index in [1.807, 2.05) is 12.1 Å². The van der Waals surface area contributed by atoms with Crippen molar-refractivity contribution in [3.05, 3.63) is 54.0 Å². The van der Waals surface area contributed by atoms with Crippen molar-refractivity contribution in [3.8, 4) is 0 Å². The van der Waals surface area contributed by atoms with E-state index in [1.165, 1.54) is 17.8 Å². The van der Waals surface area contributed by atoms with Gasteiger partial charge in [0.05, 0.1) is 5.56 Å². The van der Waals surface area contributed by atoms with Crippen molar-refractivity contribution in [2.45, 2.75) is 9.92 Å². The fraction of sp³-hybridized carbons (Fsp3) is 0. The second-order valence-electron chi connectivity index (χ2n) is 3.04. The third kappa shape index (κ3) is 2.28. The molecule has 80 valence electrons. The number of rotatable bonds is 3. The van der Waals surface area contributed by atoms with E-state index in [4.69, 9.17) is 0 Å². The summed E-state index contributed by atoms with van der Waals surface area (Å²) >= 11 is 1.27. The van der Waals surface area contributed by atoms with Crippen molar-refractivity contribution in [1.29, 1.82) is 0 Å². The Morgan fingerprint density at radius 3 is 2.75 bits per heavy atom. The molecule has 0 saturated heterocycles. The van der Waals surface area contributed by atoms with Crippen LogP contribution in [0.5, 0.6) is 0 Å². The molecule has 0 aliphatic carbocycles. The molecular formula is C12H8FNOS. The SMILES string of the molecule is O=Cc1c(F)cccc1Sc1ccccn1. The molecule has 0 radical (unpaired) electrons. The molecule has 4 heteroatoms. The van der Waals surface area contributed by atoms with Crippen LogP contribution in [0.2, 0.25) is 0 Å². The summed E-state index contributed by atoms with van der Waals surface area (Å²) in [5.41, 5.74) is 0.0816. The number of nitrogens with zero attached hydrogens (tertiary/aromatic N) is 1. The summed E-state index contributed by atoms with van der Waals surface area (Å²) in [5.74, 6) is -0.504. The highest BCUT2D eigenvalue weighted by molar-refractivity contribution is 7.99. The Balaban J connectivity index is 2.35. The number of aldehydes is 1. The van der Waals surface area contributed by atoms with Crippen LogP contribution in [0.3, 0.4) is 0 Å². The quantitative estimate of drug-likeness (QED) is 0.763. The number of benzene rings is 1. The molecule has 2 rings (SSSR count). The van der Waals surface area contributed by atoms with E-state index in [0.717, 1.165) is 5.03 Å². The Bertz CT molecular complexity index is 502. The van der Waals surface area contributed by atoms with Crippen molar-refractivity contribution >= 4 is 18.0 Å². The van der Waals surface area contributed by atoms with Gasteiger partial charge in [0.15, 0.2) is 6.29 Å². The molecule has 0 unspecified atom stereocenters. The van der Waals surface area contributed by atoms with E-state index in [2.05, 4.69) is 4.98 Å². The molecule has 0 aliphatic heterocycles. The first-order valence-electron chi connectivity index (χ1n) is 4.64. The van der Waals surface area contributed by atoms with Gasteiger partial charge in [-0.05, 0) is 24.3 Å². The van der Waals surface area contributed by atoms with E-state index >= 15 is 0 Å². The molecule has 0 amide bonds. The highest BCUT2D eigenvalue weighted by atomic mass is 32.2. The summed E-state index contributed by atoms with van der Waals surface area (Å²) in [7, 11) is 0. The van der Waals surface area contributed by atoms with Crippen LogP contribution < -0.4 is 0 Å². The van der Waals surface area contributed by atoms with Crippen LogP contribution in [-0.2, 0) is 0 Å². The first kappa shape index (κ1) is 10.8. The lowest BCUT2D eigenvalue weighted by Crippen LogP contribution is -1.91. The lowest BCUT2D eigenvalue weighted by Gasteiger charge is -2.04. The molecule has 0 aliphatic rings. The van der Waals surface area contributed by atoms with Gasteiger partial charge in [0.25, 0.3) is 0 Å². The molecule has 0 N–H and O–H groups in total. The predicted octanol–water partition coefficient (Wildman–Crippen LogP) is 3.18. The molecule has 2 aromatic rings. The zero-order chi connectivity index (χ0) is 11.4. The zero-order valence-corrected chi connectivity index (χ0v) is 9.08. The van der Waals surface area contributed by atoms with Gasteiger partial charge in [0.1, 0.15) is 10.8 Å². The van der Waals surface area contributed by atoms with Gasteiger partial charge in [-0.3, -0.25) is 4.79 Å². The van der Waals surface area contributed by atoms with Crippen molar-refractivity contribution in [3.63, 3.8) is 0 Å². The third-order valence-electron chi connectivity index (χ3n) is 1.98. The predicted molar refractivity (Wildman–Crippen MR) is 60.1 cm³/mol. The third-order valence-corrected chi connectivity index (χ3v) is 3.01. The average molecular weight is 233 g/mol. The molecular weight excluding hydrogens is 225 g/mol. The number of carbonyl (C=O) groups excluding carboxylic acids is 1. The minimum Gasteiger partial charge on any atom is -0.298 e. The van der Waals surface area contributed by atoms with E-state index in [-0.39, 0.29) is 5.56 Å². The van der Waals surface area contributed by atoms with E-state index in [9.17, 15) is 9.18 Å². The van der Waals surface area contributed by atoms with Crippen LogP contribution >= 0.6 is 11.8 Å². The summed E-state index contributed by atoms with van der Waals surface area (Å²) < 4.78 is 13.3. The van der Waals surface area contributed by atoms with Gasteiger partial charge >= 0.3 is 0 Å². The monoisotopic (exact) mass is 233 g/mol. The Morgan fingerprint density at radius 1 is 1.19 bits per heavy atom. The van der Waals surface area contributed by atoms with Gasteiger partial charge in [-0.1, -0.05) is 23.9 Å². The topological polar surface area (TPSA) is 30.0 Å². The smallest absolute Gasteiger partial charge is 0.154 e. The fourth-order valence-corrected chi connectivity index (χ4v) is 2.13. The van der Waals surface area contributed by atoms with Gasteiger partial charge in [-0.2, -0.15) is 0 Å². The number of pyridine rings is 1. The van der Waals surface area contributed by atoms with Crippen molar-refractivity contribution in [2.24, 2.45) is 0 Å². The molecule has 1 heterocycles. The number of halogens is 1. The van der Waals surface area contributed by atoms with Crippen LogP contribution in [-0.4, -0.2) is 11.3 Å². The van der Waals surface area contributed by atoms with Gasteiger partial charge in [0.2, 0.25) is 0 Å². The normalized spacial score (nSPS) is 10.1. The molecule has 0 atom stereocenters. The molecule has 1 aromatic heterocycles.